The molecule has 0 fully saturated rings. The summed E-state index contributed by atoms with van der Waals surface area (Å²) >= 11 is 0. The van der Waals surface area contributed by atoms with E-state index in [1.165, 1.54) is 0 Å². The molecule has 4 amide bonds. The van der Waals surface area contributed by atoms with Gasteiger partial charge in [-0.1, -0.05) is 97.8 Å². The second kappa shape index (κ2) is 14.2. The van der Waals surface area contributed by atoms with E-state index < -0.39 is 0 Å². The van der Waals surface area contributed by atoms with Crippen molar-refractivity contribution in [2.45, 2.75) is 25.7 Å². The van der Waals surface area contributed by atoms with Gasteiger partial charge in [-0.2, -0.15) is 0 Å². The monoisotopic (exact) mass is 506 g/mol. The zero-order valence-corrected chi connectivity index (χ0v) is 21.5. The van der Waals surface area contributed by atoms with Crippen molar-refractivity contribution in [2.24, 2.45) is 0 Å². The third kappa shape index (κ3) is 8.52. The van der Waals surface area contributed by atoms with Crippen LogP contribution in [0.5, 0.6) is 0 Å². The summed E-state index contributed by atoms with van der Waals surface area (Å²) in [4.78, 5) is 24.3. The molecule has 0 saturated carbocycles. The minimum atomic E-state index is -0.201. The highest BCUT2D eigenvalue weighted by Crippen LogP contribution is 2.22. The Hall–Kier alpha value is -4.58. The highest BCUT2D eigenvalue weighted by Gasteiger charge is 2.04. The maximum absolute atomic E-state index is 12.1. The fourth-order valence-corrected chi connectivity index (χ4v) is 4.11. The summed E-state index contributed by atoms with van der Waals surface area (Å²) in [5, 5.41) is 11.5. The number of amides is 4. The number of anilines is 2. The normalized spacial score (nSPS) is 10.4. The molecule has 0 aliphatic heterocycles. The Balaban J connectivity index is 1.03. The predicted molar refractivity (Wildman–Crippen MR) is 156 cm³/mol. The van der Waals surface area contributed by atoms with Crippen LogP contribution in [0.3, 0.4) is 0 Å². The number of unbranched alkanes of at least 4 members (excludes halogenated alkanes) is 3. The fourth-order valence-electron chi connectivity index (χ4n) is 4.11. The molecule has 0 atom stereocenters. The number of hydrogen-bond donors (Lipinski definition) is 4. The Morgan fingerprint density at radius 1 is 0.421 bits per heavy atom. The topological polar surface area (TPSA) is 82.3 Å². The Kier molecular flexibility index (Phi) is 9.92. The van der Waals surface area contributed by atoms with Crippen molar-refractivity contribution < 1.29 is 9.59 Å². The van der Waals surface area contributed by atoms with E-state index >= 15 is 0 Å². The summed E-state index contributed by atoms with van der Waals surface area (Å²) in [6.45, 7) is 1.22. The number of carbonyl (C=O) groups is 2. The third-order valence-corrected chi connectivity index (χ3v) is 6.17. The van der Waals surface area contributed by atoms with Gasteiger partial charge in [0.05, 0.1) is 0 Å². The summed E-state index contributed by atoms with van der Waals surface area (Å²) < 4.78 is 0. The number of nitrogens with one attached hydrogen (secondary N) is 4. The molecule has 4 aromatic carbocycles. The van der Waals surface area contributed by atoms with Gasteiger partial charge in [-0.25, -0.2) is 9.59 Å². The summed E-state index contributed by atoms with van der Waals surface area (Å²) in [5.41, 5.74) is 6.04. The molecular weight excluding hydrogens is 472 g/mol. The van der Waals surface area contributed by atoms with Crippen LogP contribution in [0.1, 0.15) is 25.7 Å². The SMILES string of the molecule is O=C(NCCCCCCNC(=O)Nc1ccc(-c2ccccc2)cc1)Nc1ccc(-c2ccccc2)cc1. The second-order valence-corrected chi connectivity index (χ2v) is 9.06. The molecule has 4 N–H and O–H groups in total. The lowest BCUT2D eigenvalue weighted by Crippen LogP contribution is -2.30. The molecular formula is C32H34N4O2. The van der Waals surface area contributed by atoms with Crippen LogP contribution in [-0.2, 0) is 0 Å². The predicted octanol–water partition coefficient (Wildman–Crippen LogP) is 7.52. The minimum absolute atomic E-state index is 0.201. The second-order valence-electron chi connectivity index (χ2n) is 9.06. The molecule has 194 valence electrons. The van der Waals surface area contributed by atoms with Crippen LogP contribution >= 0.6 is 0 Å². The van der Waals surface area contributed by atoms with Crippen LogP contribution in [0.25, 0.3) is 22.3 Å². The van der Waals surface area contributed by atoms with Crippen molar-refractivity contribution in [1.82, 2.24) is 10.6 Å². The van der Waals surface area contributed by atoms with Crippen LogP contribution in [0.2, 0.25) is 0 Å². The van der Waals surface area contributed by atoms with Gasteiger partial charge in [-0.3, -0.25) is 0 Å². The number of carbonyl (C=O) groups excluding carboxylic acids is 2. The van der Waals surface area contributed by atoms with Crippen LogP contribution in [0.15, 0.2) is 109 Å². The molecule has 4 aromatic rings. The van der Waals surface area contributed by atoms with Crippen molar-refractivity contribution in [3.8, 4) is 22.3 Å². The molecule has 0 radical (unpaired) electrons. The number of rotatable bonds is 11. The first kappa shape index (κ1) is 26.5. The highest BCUT2D eigenvalue weighted by molar-refractivity contribution is 5.90. The van der Waals surface area contributed by atoms with Gasteiger partial charge in [0.1, 0.15) is 0 Å². The molecule has 4 rings (SSSR count). The van der Waals surface area contributed by atoms with E-state index in [9.17, 15) is 9.59 Å². The van der Waals surface area contributed by atoms with Crippen molar-refractivity contribution in [2.75, 3.05) is 23.7 Å². The summed E-state index contributed by atoms with van der Waals surface area (Å²) in [5.74, 6) is 0. The largest absolute Gasteiger partial charge is 0.338 e. The average molecular weight is 507 g/mol. The molecule has 6 nitrogen and oxygen atoms in total. The lowest BCUT2D eigenvalue weighted by atomic mass is 10.1. The summed E-state index contributed by atoms with van der Waals surface area (Å²) in [6, 6.07) is 35.5. The first-order valence-electron chi connectivity index (χ1n) is 13.1. The van der Waals surface area contributed by atoms with E-state index in [1.807, 2.05) is 84.9 Å². The van der Waals surface area contributed by atoms with Crippen LogP contribution < -0.4 is 21.3 Å². The lowest BCUT2D eigenvalue weighted by Gasteiger charge is -2.09. The van der Waals surface area contributed by atoms with E-state index in [1.54, 1.807) is 0 Å². The van der Waals surface area contributed by atoms with Gasteiger partial charge in [-0.05, 0) is 59.4 Å². The Labute approximate surface area is 224 Å². The molecule has 0 aliphatic carbocycles. The minimum Gasteiger partial charge on any atom is -0.338 e. The molecule has 0 saturated heterocycles. The van der Waals surface area contributed by atoms with Gasteiger partial charge in [0.2, 0.25) is 0 Å². The highest BCUT2D eigenvalue weighted by atomic mass is 16.2. The smallest absolute Gasteiger partial charge is 0.319 e. The lowest BCUT2D eigenvalue weighted by molar-refractivity contribution is 0.250. The maximum atomic E-state index is 12.1. The Morgan fingerprint density at radius 3 is 1.13 bits per heavy atom. The van der Waals surface area contributed by atoms with Gasteiger partial charge in [0.15, 0.2) is 0 Å². The van der Waals surface area contributed by atoms with E-state index in [4.69, 9.17) is 0 Å². The summed E-state index contributed by atoms with van der Waals surface area (Å²) in [7, 11) is 0. The third-order valence-electron chi connectivity index (χ3n) is 6.17. The van der Waals surface area contributed by atoms with E-state index in [-0.39, 0.29) is 12.1 Å². The molecule has 0 aromatic heterocycles. The first-order chi connectivity index (χ1) is 18.7. The standard InChI is InChI=1S/C32H34N4O2/c37-31(35-29-19-15-27(16-20-29)25-11-5-3-6-12-25)33-23-9-1-2-10-24-34-32(38)36-30-21-17-28(18-22-30)26-13-7-4-8-14-26/h3-8,11-22H,1-2,9-10,23-24H2,(H2,33,35,37)(H2,34,36,38). The first-order valence-corrected chi connectivity index (χ1v) is 13.1. The molecule has 6 heteroatoms. The Morgan fingerprint density at radius 2 is 0.763 bits per heavy atom. The van der Waals surface area contributed by atoms with Crippen molar-refractivity contribution in [3.05, 3.63) is 109 Å². The van der Waals surface area contributed by atoms with Gasteiger partial charge in [0.25, 0.3) is 0 Å². The van der Waals surface area contributed by atoms with E-state index in [0.717, 1.165) is 59.3 Å². The Bertz CT molecular complexity index is 1170. The molecule has 38 heavy (non-hydrogen) atoms. The van der Waals surface area contributed by atoms with Crippen molar-refractivity contribution in [3.63, 3.8) is 0 Å². The number of hydrogen-bond acceptors (Lipinski definition) is 2. The fraction of sp³-hybridized carbons (Fsp3) is 0.188. The zero-order valence-electron chi connectivity index (χ0n) is 21.5. The average Bonchev–Trinajstić information content (AvgIpc) is 2.96. The van der Waals surface area contributed by atoms with E-state index in [0.29, 0.717) is 13.1 Å². The molecule has 0 unspecified atom stereocenters. The maximum Gasteiger partial charge on any atom is 0.319 e. The van der Waals surface area contributed by atoms with Crippen LogP contribution in [0, 0.1) is 0 Å². The number of urea groups is 2. The molecule has 0 aliphatic rings. The summed E-state index contributed by atoms with van der Waals surface area (Å²) in [6.07, 6.45) is 3.74. The van der Waals surface area contributed by atoms with Gasteiger partial charge < -0.3 is 21.3 Å². The van der Waals surface area contributed by atoms with Crippen LogP contribution in [0.4, 0.5) is 21.0 Å². The van der Waals surface area contributed by atoms with Gasteiger partial charge in [0, 0.05) is 24.5 Å². The van der Waals surface area contributed by atoms with Gasteiger partial charge >= 0.3 is 12.1 Å². The molecule has 0 heterocycles. The van der Waals surface area contributed by atoms with Crippen molar-refractivity contribution >= 4 is 23.4 Å². The van der Waals surface area contributed by atoms with Crippen LogP contribution in [-0.4, -0.2) is 25.2 Å². The quantitative estimate of drug-likeness (QED) is 0.159. The zero-order chi connectivity index (χ0) is 26.4. The molecule has 0 bridgehead atoms. The van der Waals surface area contributed by atoms with E-state index in [2.05, 4.69) is 45.5 Å². The van der Waals surface area contributed by atoms with Gasteiger partial charge in [-0.15, -0.1) is 0 Å². The molecule has 0 spiro atoms. The number of benzene rings is 4. The van der Waals surface area contributed by atoms with Crippen molar-refractivity contribution in [1.29, 1.82) is 0 Å².